The van der Waals surface area contributed by atoms with Crippen LogP contribution in [0.2, 0.25) is 0 Å². The Balaban J connectivity index is 1.36. The highest BCUT2D eigenvalue weighted by atomic mass is 14.9. The summed E-state index contributed by atoms with van der Waals surface area (Å²) in [6.07, 6.45) is 8.23. The Morgan fingerprint density at radius 3 is 1.19 bits per heavy atom. The lowest BCUT2D eigenvalue weighted by Crippen LogP contribution is -2.31. The Morgan fingerprint density at radius 2 is 0.844 bits per heavy atom. The molecule has 0 unspecified atom stereocenters. The summed E-state index contributed by atoms with van der Waals surface area (Å²) in [7, 11) is 0. The van der Waals surface area contributed by atoms with Gasteiger partial charge in [0, 0.05) is 35.4 Å². The molecular formula is C30H26N2+2. The molecule has 0 saturated heterocycles. The fourth-order valence-corrected chi connectivity index (χ4v) is 3.23. The molecule has 0 fully saturated rings. The van der Waals surface area contributed by atoms with E-state index in [0.717, 1.165) is 11.1 Å². The second-order valence-electron chi connectivity index (χ2n) is 7.85. The van der Waals surface area contributed by atoms with Crippen LogP contribution in [0.4, 0.5) is 0 Å². The number of pyridine rings is 2. The molecule has 0 aliphatic rings. The molecule has 0 bridgehead atoms. The zero-order valence-electron chi connectivity index (χ0n) is 18.5. The number of rotatable bonds is 3. The van der Waals surface area contributed by atoms with Crippen molar-refractivity contribution in [2.45, 2.75) is 26.9 Å². The fourth-order valence-electron chi connectivity index (χ4n) is 3.23. The molecule has 2 nitrogen and oxygen atoms in total. The average molecular weight is 415 g/mol. The van der Waals surface area contributed by atoms with Crippen LogP contribution in [0.25, 0.3) is 11.1 Å². The van der Waals surface area contributed by atoms with Crippen LogP contribution in [0.5, 0.6) is 0 Å². The van der Waals surface area contributed by atoms with Gasteiger partial charge < -0.3 is 0 Å². The van der Waals surface area contributed by atoms with E-state index in [4.69, 9.17) is 0 Å². The molecular weight excluding hydrogens is 388 g/mol. The summed E-state index contributed by atoms with van der Waals surface area (Å²) in [5.74, 6) is 13.0. The third kappa shape index (κ3) is 5.94. The van der Waals surface area contributed by atoms with E-state index in [1.54, 1.807) is 0 Å². The molecule has 2 heteroatoms. The third-order valence-electron chi connectivity index (χ3n) is 5.21. The Labute approximate surface area is 190 Å². The molecule has 2 heterocycles. The van der Waals surface area contributed by atoms with E-state index >= 15 is 0 Å². The summed E-state index contributed by atoms with van der Waals surface area (Å²) in [5.41, 5.74) is 6.92. The standard InChI is InChI=1S/C30H26N2/c1-25-15-21-31(22-16-25)19-3-5-27-7-11-29(12-8-27)30-13-9-28(10-14-30)6-4-20-32-23-17-26(2)18-24-32/h7-18,21-24H,19-20H2,1-2H3/q+2. The number of aromatic nitrogens is 2. The predicted molar refractivity (Wildman–Crippen MR) is 128 cm³/mol. The summed E-state index contributed by atoms with van der Waals surface area (Å²) < 4.78 is 4.16. The quantitative estimate of drug-likeness (QED) is 0.341. The van der Waals surface area contributed by atoms with Crippen LogP contribution < -0.4 is 9.13 Å². The number of nitrogens with zero attached hydrogens (tertiary/aromatic N) is 2. The first kappa shape index (κ1) is 21.1. The number of hydrogen-bond acceptors (Lipinski definition) is 0. The van der Waals surface area contributed by atoms with Gasteiger partial charge in [0.25, 0.3) is 0 Å². The van der Waals surface area contributed by atoms with Crippen molar-refractivity contribution in [3.05, 3.63) is 120 Å². The van der Waals surface area contributed by atoms with Gasteiger partial charge >= 0.3 is 0 Å². The van der Waals surface area contributed by atoms with Crippen molar-refractivity contribution in [1.82, 2.24) is 0 Å². The summed E-state index contributed by atoms with van der Waals surface area (Å²) in [6, 6.07) is 25.2. The van der Waals surface area contributed by atoms with E-state index in [0.29, 0.717) is 13.1 Å². The van der Waals surface area contributed by atoms with Crippen molar-refractivity contribution in [3.8, 4) is 34.8 Å². The number of benzene rings is 2. The monoisotopic (exact) mass is 414 g/mol. The van der Waals surface area contributed by atoms with Gasteiger partial charge in [0.1, 0.15) is 0 Å². The van der Waals surface area contributed by atoms with Crippen molar-refractivity contribution in [2.75, 3.05) is 0 Å². The van der Waals surface area contributed by atoms with Gasteiger partial charge in [0.15, 0.2) is 24.8 Å². The van der Waals surface area contributed by atoms with E-state index < -0.39 is 0 Å². The predicted octanol–water partition coefficient (Wildman–Crippen LogP) is 4.65. The van der Waals surface area contributed by atoms with Crippen molar-refractivity contribution >= 4 is 0 Å². The minimum absolute atomic E-state index is 0.687. The number of hydrogen-bond donors (Lipinski definition) is 0. The van der Waals surface area contributed by atoms with E-state index in [1.807, 2.05) is 0 Å². The summed E-state index contributed by atoms with van der Waals surface area (Å²) in [4.78, 5) is 0. The maximum Gasteiger partial charge on any atom is 0.209 e. The summed E-state index contributed by atoms with van der Waals surface area (Å²) in [5, 5.41) is 0. The number of aryl methyl sites for hydroxylation is 2. The minimum atomic E-state index is 0.687. The normalized spacial score (nSPS) is 9.94. The summed E-state index contributed by atoms with van der Waals surface area (Å²) >= 11 is 0. The first-order valence-electron chi connectivity index (χ1n) is 10.8. The highest BCUT2D eigenvalue weighted by Crippen LogP contribution is 2.20. The molecule has 0 amide bonds. The Morgan fingerprint density at radius 1 is 0.500 bits per heavy atom. The molecule has 0 N–H and O–H groups in total. The average Bonchev–Trinajstić information content (AvgIpc) is 2.83. The molecule has 0 saturated carbocycles. The van der Waals surface area contributed by atoms with Crippen LogP contribution in [-0.4, -0.2) is 0 Å². The van der Waals surface area contributed by atoms with Gasteiger partial charge in [-0.15, -0.1) is 0 Å². The SMILES string of the molecule is Cc1cc[n+](CC#Cc2ccc(-c3ccc(C#CC[n+]4ccc(C)cc4)cc3)cc2)cc1. The molecule has 0 aliphatic heterocycles. The Kier molecular flexibility index (Phi) is 6.76. The van der Waals surface area contributed by atoms with Gasteiger partial charge in [0.05, 0.1) is 0 Å². The van der Waals surface area contributed by atoms with Crippen molar-refractivity contribution in [3.63, 3.8) is 0 Å². The van der Waals surface area contributed by atoms with Crippen LogP contribution in [0.15, 0.2) is 97.6 Å². The van der Waals surface area contributed by atoms with Crippen LogP contribution >= 0.6 is 0 Å². The smallest absolute Gasteiger partial charge is 0.194 e. The van der Waals surface area contributed by atoms with E-state index in [2.05, 4.69) is 144 Å². The van der Waals surface area contributed by atoms with E-state index in [9.17, 15) is 0 Å². The third-order valence-corrected chi connectivity index (χ3v) is 5.21. The molecule has 32 heavy (non-hydrogen) atoms. The van der Waals surface area contributed by atoms with Gasteiger partial charge in [-0.3, -0.25) is 0 Å². The first-order valence-corrected chi connectivity index (χ1v) is 10.8. The maximum atomic E-state index is 3.24. The van der Waals surface area contributed by atoms with Crippen LogP contribution in [-0.2, 0) is 13.1 Å². The molecule has 2 aromatic heterocycles. The lowest BCUT2D eigenvalue weighted by Gasteiger charge is -2.02. The van der Waals surface area contributed by atoms with Gasteiger partial charge in [-0.25, -0.2) is 0 Å². The van der Waals surface area contributed by atoms with Crippen molar-refractivity contribution < 1.29 is 9.13 Å². The second kappa shape index (κ2) is 10.3. The second-order valence-corrected chi connectivity index (χ2v) is 7.85. The van der Waals surface area contributed by atoms with Crippen LogP contribution in [0.1, 0.15) is 22.3 Å². The van der Waals surface area contributed by atoms with E-state index in [-0.39, 0.29) is 0 Å². The first-order chi connectivity index (χ1) is 15.7. The van der Waals surface area contributed by atoms with Gasteiger partial charge in [-0.2, -0.15) is 9.13 Å². The molecule has 0 atom stereocenters. The molecule has 154 valence electrons. The highest BCUT2D eigenvalue weighted by Gasteiger charge is 1.99. The van der Waals surface area contributed by atoms with Gasteiger partial charge in [-0.1, -0.05) is 36.1 Å². The van der Waals surface area contributed by atoms with Gasteiger partial charge in [-0.05, 0) is 72.2 Å². The van der Waals surface area contributed by atoms with Crippen molar-refractivity contribution in [1.29, 1.82) is 0 Å². The van der Waals surface area contributed by atoms with Crippen LogP contribution in [0, 0.1) is 37.5 Å². The molecule has 0 aliphatic carbocycles. The molecule has 4 rings (SSSR count). The molecule has 4 aromatic rings. The fraction of sp³-hybridized carbons (Fsp3) is 0.133. The topological polar surface area (TPSA) is 7.76 Å². The highest BCUT2D eigenvalue weighted by molar-refractivity contribution is 5.65. The lowest BCUT2D eigenvalue weighted by atomic mass is 10.0. The molecule has 2 aromatic carbocycles. The zero-order chi connectivity index (χ0) is 22.2. The maximum absolute atomic E-state index is 3.24. The van der Waals surface area contributed by atoms with Crippen molar-refractivity contribution in [2.24, 2.45) is 0 Å². The lowest BCUT2D eigenvalue weighted by molar-refractivity contribution is -0.685. The summed E-state index contributed by atoms with van der Waals surface area (Å²) in [6.45, 7) is 5.55. The zero-order valence-corrected chi connectivity index (χ0v) is 18.5. The van der Waals surface area contributed by atoms with Crippen LogP contribution in [0.3, 0.4) is 0 Å². The largest absolute Gasteiger partial charge is 0.209 e. The van der Waals surface area contributed by atoms with Gasteiger partial charge in [0.2, 0.25) is 13.1 Å². The molecule has 0 radical (unpaired) electrons. The molecule has 0 spiro atoms. The Bertz CT molecular complexity index is 1180. The minimum Gasteiger partial charge on any atom is -0.194 e. The Hall–Kier alpha value is -4.14. The van der Waals surface area contributed by atoms with E-state index in [1.165, 1.54) is 22.3 Å².